The smallest absolute Gasteiger partial charge is 0.258 e. The number of nitrogens with zero attached hydrogens (tertiary/aromatic N) is 2. The predicted octanol–water partition coefficient (Wildman–Crippen LogP) is 6.01. The molecule has 3 amide bonds. The van der Waals surface area contributed by atoms with Gasteiger partial charge in [-0.2, -0.15) is 0 Å². The third-order valence-corrected chi connectivity index (χ3v) is 7.71. The lowest BCUT2D eigenvalue weighted by Crippen LogP contribution is -2.50. The Kier molecular flexibility index (Phi) is 8.46. The van der Waals surface area contributed by atoms with E-state index < -0.39 is 6.04 Å². The third-order valence-electron chi connectivity index (χ3n) is 7.34. The summed E-state index contributed by atoms with van der Waals surface area (Å²) in [5.41, 5.74) is 3.31. The summed E-state index contributed by atoms with van der Waals surface area (Å²) in [6, 6.07) is 28.0. The fourth-order valence-corrected chi connectivity index (χ4v) is 5.58. The van der Waals surface area contributed by atoms with Gasteiger partial charge in [0.15, 0.2) is 0 Å². The van der Waals surface area contributed by atoms with E-state index in [9.17, 15) is 14.4 Å². The number of likely N-dealkylation sites (N-methyl/N-ethyl adjacent to an activating group) is 1. The van der Waals surface area contributed by atoms with Crippen LogP contribution < -0.4 is 10.2 Å². The Labute approximate surface area is 239 Å². The summed E-state index contributed by atoms with van der Waals surface area (Å²) in [5, 5.41) is 5.44. The van der Waals surface area contributed by atoms with Crippen molar-refractivity contribution in [3.05, 3.63) is 113 Å². The highest BCUT2D eigenvalue weighted by Crippen LogP contribution is 2.37. The molecule has 40 heavy (non-hydrogen) atoms. The van der Waals surface area contributed by atoms with Crippen LogP contribution in [0.1, 0.15) is 41.3 Å². The first-order valence-electron chi connectivity index (χ1n) is 13.7. The molecule has 4 aromatic rings. The average Bonchev–Trinajstić information content (AvgIpc) is 3.24. The zero-order chi connectivity index (χ0) is 28.1. The summed E-state index contributed by atoms with van der Waals surface area (Å²) in [5.74, 6) is -0.408. The highest BCUT2D eigenvalue weighted by atomic mass is 35.5. The van der Waals surface area contributed by atoms with Crippen molar-refractivity contribution in [1.82, 2.24) is 10.2 Å². The van der Waals surface area contributed by atoms with E-state index in [2.05, 4.69) is 5.32 Å². The van der Waals surface area contributed by atoms with Gasteiger partial charge in [-0.3, -0.25) is 14.4 Å². The maximum Gasteiger partial charge on any atom is 0.258 e. The molecule has 0 aliphatic carbocycles. The molecule has 0 radical (unpaired) electrons. The molecule has 5 rings (SSSR count). The van der Waals surface area contributed by atoms with Gasteiger partial charge in [-0.25, -0.2) is 0 Å². The van der Waals surface area contributed by atoms with Gasteiger partial charge in [-0.1, -0.05) is 84.4 Å². The first-order chi connectivity index (χ1) is 19.5. The molecule has 1 heterocycles. The Morgan fingerprint density at radius 2 is 1.65 bits per heavy atom. The average molecular weight is 554 g/mol. The van der Waals surface area contributed by atoms with E-state index in [0.29, 0.717) is 36.5 Å². The molecule has 1 N–H and O–H groups in total. The Hall–Kier alpha value is -4.16. The molecule has 1 atom stereocenters. The molecule has 4 aromatic carbocycles. The van der Waals surface area contributed by atoms with Crippen molar-refractivity contribution in [3.63, 3.8) is 0 Å². The van der Waals surface area contributed by atoms with E-state index in [1.54, 1.807) is 15.9 Å². The number of benzene rings is 4. The Morgan fingerprint density at radius 1 is 0.925 bits per heavy atom. The quantitative estimate of drug-likeness (QED) is 0.247. The summed E-state index contributed by atoms with van der Waals surface area (Å²) in [7, 11) is 0. The lowest BCUT2D eigenvalue weighted by molar-refractivity contribution is -0.141. The second-order valence-electron chi connectivity index (χ2n) is 9.95. The van der Waals surface area contributed by atoms with Crippen LogP contribution in [-0.2, 0) is 22.6 Å². The van der Waals surface area contributed by atoms with Gasteiger partial charge < -0.3 is 15.1 Å². The first kappa shape index (κ1) is 27.4. The topological polar surface area (TPSA) is 69.7 Å². The molecule has 6 nitrogen and oxygen atoms in total. The molecule has 1 aliphatic heterocycles. The van der Waals surface area contributed by atoms with Gasteiger partial charge >= 0.3 is 0 Å². The number of amides is 3. The van der Waals surface area contributed by atoms with Gasteiger partial charge in [0.25, 0.3) is 5.91 Å². The number of anilines is 1. The van der Waals surface area contributed by atoms with Crippen LogP contribution in [0.4, 0.5) is 5.69 Å². The molecular formula is C33H32ClN3O3. The van der Waals surface area contributed by atoms with Crippen molar-refractivity contribution in [1.29, 1.82) is 0 Å². The number of hydrogen-bond donors (Lipinski definition) is 1. The molecule has 1 aliphatic rings. The lowest BCUT2D eigenvalue weighted by Gasteiger charge is -2.32. The molecule has 0 spiro atoms. The van der Waals surface area contributed by atoms with Gasteiger partial charge in [0.2, 0.25) is 11.8 Å². The van der Waals surface area contributed by atoms with E-state index in [1.807, 2.05) is 91.9 Å². The standard InChI is InChI=1S/C33H32ClN3O3/c1-2-35-32(39)29(21-23-11-4-3-5-12-23)37(22-25-13-6-7-17-27(25)34)30(38)19-10-20-36-28-18-9-15-24-14-8-16-26(31(24)28)33(36)40/h3-9,11-18,29H,2,10,19-22H2,1H3,(H,35,39)/t29-/m0/s1. The van der Waals surface area contributed by atoms with Crippen LogP contribution in [0.15, 0.2) is 91.0 Å². The zero-order valence-electron chi connectivity index (χ0n) is 22.5. The summed E-state index contributed by atoms with van der Waals surface area (Å²) in [6.07, 6.45) is 1.03. The molecule has 204 valence electrons. The predicted molar refractivity (Wildman–Crippen MR) is 159 cm³/mol. The van der Waals surface area contributed by atoms with Gasteiger partial charge in [-0.15, -0.1) is 0 Å². The van der Waals surface area contributed by atoms with Gasteiger partial charge in [0.1, 0.15) is 6.04 Å². The van der Waals surface area contributed by atoms with Gasteiger partial charge in [0.05, 0.1) is 5.69 Å². The number of carbonyl (C=O) groups excluding carboxylic acids is 3. The Bertz CT molecular complexity index is 1530. The summed E-state index contributed by atoms with van der Waals surface area (Å²) >= 11 is 6.49. The SMILES string of the molecule is CCNC(=O)[C@H](Cc1ccccc1)N(Cc1ccccc1Cl)C(=O)CCCN1C(=O)c2cccc3cccc1c23. The number of rotatable bonds is 11. The Balaban J connectivity index is 1.37. The first-order valence-corrected chi connectivity index (χ1v) is 14.0. The molecular weight excluding hydrogens is 522 g/mol. The molecule has 0 fully saturated rings. The molecule has 0 saturated carbocycles. The van der Waals surface area contributed by atoms with Crippen LogP contribution in [0, 0.1) is 0 Å². The zero-order valence-corrected chi connectivity index (χ0v) is 23.2. The van der Waals surface area contributed by atoms with Gasteiger partial charge in [0, 0.05) is 48.4 Å². The van der Waals surface area contributed by atoms with Crippen molar-refractivity contribution in [2.24, 2.45) is 0 Å². The Morgan fingerprint density at radius 3 is 2.40 bits per heavy atom. The minimum Gasteiger partial charge on any atom is -0.355 e. The van der Waals surface area contributed by atoms with E-state index >= 15 is 0 Å². The number of halogens is 1. The number of nitrogens with one attached hydrogen (secondary N) is 1. The maximum atomic E-state index is 13.9. The fraction of sp³-hybridized carbons (Fsp3) is 0.242. The summed E-state index contributed by atoms with van der Waals surface area (Å²) in [4.78, 5) is 43.8. The van der Waals surface area contributed by atoms with E-state index in [0.717, 1.165) is 27.6 Å². The normalized spacial score (nSPS) is 12.9. The van der Waals surface area contributed by atoms with Crippen molar-refractivity contribution in [2.75, 3.05) is 18.0 Å². The lowest BCUT2D eigenvalue weighted by atomic mass is 10.0. The number of carbonyl (C=O) groups is 3. The monoisotopic (exact) mass is 553 g/mol. The maximum absolute atomic E-state index is 13.9. The van der Waals surface area contributed by atoms with Crippen LogP contribution in [0.3, 0.4) is 0 Å². The minimum atomic E-state index is -0.711. The highest BCUT2D eigenvalue weighted by Gasteiger charge is 2.32. The van der Waals surface area contributed by atoms with E-state index in [4.69, 9.17) is 11.6 Å². The minimum absolute atomic E-state index is 0.0450. The highest BCUT2D eigenvalue weighted by molar-refractivity contribution is 6.31. The summed E-state index contributed by atoms with van der Waals surface area (Å²) in [6.45, 7) is 2.94. The molecule has 0 aromatic heterocycles. The van der Waals surface area contributed by atoms with Crippen molar-refractivity contribution >= 4 is 45.8 Å². The largest absolute Gasteiger partial charge is 0.355 e. The van der Waals surface area contributed by atoms with Crippen molar-refractivity contribution < 1.29 is 14.4 Å². The summed E-state index contributed by atoms with van der Waals surface area (Å²) < 4.78 is 0. The van der Waals surface area contributed by atoms with Crippen molar-refractivity contribution in [3.8, 4) is 0 Å². The second-order valence-corrected chi connectivity index (χ2v) is 10.4. The van der Waals surface area contributed by atoms with Crippen LogP contribution in [-0.4, -0.2) is 41.8 Å². The molecule has 0 unspecified atom stereocenters. The second kappa shape index (κ2) is 12.3. The molecule has 0 saturated heterocycles. The third kappa shape index (κ3) is 5.73. The fourth-order valence-electron chi connectivity index (χ4n) is 5.39. The van der Waals surface area contributed by atoms with Crippen molar-refractivity contribution in [2.45, 2.75) is 38.8 Å². The van der Waals surface area contributed by atoms with Crippen LogP contribution in [0.5, 0.6) is 0 Å². The van der Waals surface area contributed by atoms with Crippen LogP contribution >= 0.6 is 11.6 Å². The van der Waals surface area contributed by atoms with Crippen LogP contribution in [0.25, 0.3) is 10.8 Å². The molecule has 7 heteroatoms. The van der Waals surface area contributed by atoms with Crippen LogP contribution in [0.2, 0.25) is 5.02 Å². The van der Waals surface area contributed by atoms with Gasteiger partial charge in [-0.05, 0) is 48.1 Å². The number of hydrogen-bond acceptors (Lipinski definition) is 3. The van der Waals surface area contributed by atoms with E-state index in [-0.39, 0.29) is 30.7 Å². The molecule has 0 bridgehead atoms. The van der Waals surface area contributed by atoms with E-state index in [1.165, 1.54) is 0 Å².